The maximum atomic E-state index is 12.7. The van der Waals surface area contributed by atoms with E-state index in [0.29, 0.717) is 23.5 Å². The van der Waals surface area contributed by atoms with Crippen LogP contribution in [0.25, 0.3) is 5.70 Å². The number of amides is 1. The number of nitrogen functional groups attached to an aromatic ring is 1. The maximum Gasteiger partial charge on any atom is 0.290 e. The predicted molar refractivity (Wildman–Crippen MR) is 171 cm³/mol. The fourth-order valence-electron chi connectivity index (χ4n) is 3.47. The van der Waals surface area contributed by atoms with Gasteiger partial charge in [-0.2, -0.15) is 0 Å². The minimum Gasteiger partial charge on any atom is -0.483 e. The van der Waals surface area contributed by atoms with Crippen molar-refractivity contribution in [3.63, 3.8) is 0 Å². The summed E-state index contributed by atoms with van der Waals surface area (Å²) in [4.78, 5) is 29.4. The number of nitrogens with zero attached hydrogens (tertiary/aromatic N) is 2. The van der Waals surface area contributed by atoms with Crippen LogP contribution < -0.4 is 33.0 Å². The molecule has 43 heavy (non-hydrogen) atoms. The topological polar surface area (TPSA) is 204 Å². The third kappa shape index (κ3) is 14.7. The molecule has 0 saturated heterocycles. The molecule has 2 aromatic carbocycles. The van der Waals surface area contributed by atoms with Crippen LogP contribution in [0.1, 0.15) is 72.2 Å². The van der Waals surface area contributed by atoms with Gasteiger partial charge in [-0.25, -0.2) is 9.97 Å². The molecule has 0 saturated carbocycles. The lowest BCUT2D eigenvalue weighted by molar-refractivity contribution is -0.122. The van der Waals surface area contributed by atoms with Gasteiger partial charge in [0.1, 0.15) is 17.9 Å². The number of aromatic nitrogens is 2. The van der Waals surface area contributed by atoms with Gasteiger partial charge in [-0.1, -0.05) is 60.7 Å². The van der Waals surface area contributed by atoms with Gasteiger partial charge in [0.2, 0.25) is 0 Å². The number of aryl methyl sites for hydroxylation is 1. The fraction of sp³-hybridized carbons (Fsp3) is 0.323. The van der Waals surface area contributed by atoms with Crippen molar-refractivity contribution in [3.05, 3.63) is 101 Å². The molecule has 1 amide bonds. The Labute approximate surface area is 253 Å². The van der Waals surface area contributed by atoms with Crippen LogP contribution in [0.2, 0.25) is 0 Å². The summed E-state index contributed by atoms with van der Waals surface area (Å²) >= 11 is 0. The van der Waals surface area contributed by atoms with Gasteiger partial charge in [0, 0.05) is 30.7 Å². The number of rotatable bonds is 11. The summed E-state index contributed by atoms with van der Waals surface area (Å²) in [6, 6.07) is 16.8. The van der Waals surface area contributed by atoms with Gasteiger partial charge in [-0.15, -0.1) is 0 Å². The van der Waals surface area contributed by atoms with Crippen molar-refractivity contribution in [2.24, 2.45) is 11.6 Å². The molecule has 0 aliphatic heterocycles. The molecule has 10 N–H and O–H groups in total. The van der Waals surface area contributed by atoms with E-state index >= 15 is 0 Å². The van der Waals surface area contributed by atoms with Crippen molar-refractivity contribution in [1.29, 1.82) is 5.41 Å². The first-order chi connectivity index (χ1) is 20.3. The van der Waals surface area contributed by atoms with Gasteiger partial charge >= 0.3 is 0 Å². The molecule has 0 aliphatic carbocycles. The molecule has 1 unspecified atom stereocenters. The molecule has 12 heteroatoms. The molecule has 1 heterocycles. The number of hydrogen-bond acceptors (Lipinski definition) is 9. The predicted octanol–water partition coefficient (Wildman–Crippen LogP) is 2.86. The molecule has 0 aliphatic rings. The van der Waals surface area contributed by atoms with Crippen LogP contribution in [0, 0.1) is 12.3 Å². The molecule has 0 bridgehead atoms. The van der Waals surface area contributed by atoms with Gasteiger partial charge in [-0.05, 0) is 51.8 Å². The van der Waals surface area contributed by atoms with Crippen molar-refractivity contribution < 1.29 is 14.7 Å². The Hall–Kier alpha value is -4.65. The van der Waals surface area contributed by atoms with E-state index < -0.39 is 0 Å². The summed E-state index contributed by atoms with van der Waals surface area (Å²) in [6.07, 6.45) is 1.36. The molecular weight excluding hydrogens is 546 g/mol. The van der Waals surface area contributed by atoms with Gasteiger partial charge in [-0.3, -0.25) is 26.3 Å². The van der Waals surface area contributed by atoms with E-state index in [1.54, 1.807) is 18.2 Å². The first kappa shape index (κ1) is 36.4. The molecule has 0 fully saturated rings. The highest BCUT2D eigenvalue weighted by Crippen LogP contribution is 2.15. The molecule has 3 rings (SSSR count). The third-order valence-electron chi connectivity index (χ3n) is 5.83. The molecule has 0 spiro atoms. The van der Waals surface area contributed by atoms with Crippen LogP contribution in [0.3, 0.4) is 0 Å². The second-order valence-electron chi connectivity index (χ2n) is 10.6. The van der Waals surface area contributed by atoms with E-state index in [-0.39, 0.29) is 35.5 Å². The monoisotopic (exact) mass is 591 g/mol. The molecule has 232 valence electrons. The zero-order chi connectivity index (χ0) is 32.4. The van der Waals surface area contributed by atoms with E-state index in [1.807, 2.05) is 26.0 Å². The Bertz CT molecular complexity index is 1310. The summed E-state index contributed by atoms with van der Waals surface area (Å²) in [5.74, 6) is 4.77. The number of carbonyl (C=O) groups is 2. The molecule has 1 atom stereocenters. The summed E-state index contributed by atoms with van der Waals surface area (Å²) in [7, 11) is 0. The van der Waals surface area contributed by atoms with Gasteiger partial charge < -0.3 is 26.8 Å². The Balaban J connectivity index is 0.000000653. The molecule has 12 nitrogen and oxygen atoms in total. The van der Waals surface area contributed by atoms with Crippen LogP contribution in [-0.4, -0.2) is 51.9 Å². The van der Waals surface area contributed by atoms with Crippen molar-refractivity contribution in [2.75, 3.05) is 13.1 Å². The highest BCUT2D eigenvalue weighted by atomic mass is 16.3. The van der Waals surface area contributed by atoms with Crippen LogP contribution in [0.5, 0.6) is 0 Å². The van der Waals surface area contributed by atoms with Gasteiger partial charge in [0.15, 0.2) is 0 Å². The number of nitrogens with two attached hydrogens (primary N) is 2. The molecule has 1 aromatic heterocycles. The minimum absolute atomic E-state index is 0.00738. The molecule has 0 radical (unpaired) electrons. The maximum absolute atomic E-state index is 12.7. The fourth-order valence-corrected chi connectivity index (χ4v) is 3.47. The lowest BCUT2D eigenvalue weighted by atomic mass is 10.1. The Morgan fingerprint density at radius 1 is 1.07 bits per heavy atom. The second kappa shape index (κ2) is 18.7. The lowest BCUT2D eigenvalue weighted by Gasteiger charge is -2.19. The second-order valence-corrected chi connectivity index (χ2v) is 10.6. The number of amidine groups is 1. The van der Waals surface area contributed by atoms with Gasteiger partial charge in [0.05, 0.1) is 17.4 Å². The van der Waals surface area contributed by atoms with Crippen LogP contribution >= 0.6 is 0 Å². The average Bonchev–Trinajstić information content (AvgIpc) is 2.97. The first-order valence-corrected chi connectivity index (χ1v) is 13.6. The number of nitrogens with one attached hydrogen (secondary N) is 5. The largest absolute Gasteiger partial charge is 0.483 e. The van der Waals surface area contributed by atoms with Crippen LogP contribution in [-0.2, 0) is 11.3 Å². The first-order valence-electron chi connectivity index (χ1n) is 13.6. The SMILES string of the molecule is C=C(NCc1ccc(C)cc1)c1cc(C(=O)NC(C)c2ccc(C(=N)N)cc2)ncn1.CC(C)(C)NCCNN.O=CO. The summed E-state index contributed by atoms with van der Waals surface area (Å²) in [5, 5.41) is 23.8. The molecule has 3 aromatic rings. The number of hydrogen-bond donors (Lipinski definition) is 8. The lowest BCUT2D eigenvalue weighted by Crippen LogP contribution is -2.41. The standard InChI is InChI=1S/C24H26N6O.C6H17N3.CH2O2/c1-15-4-6-18(7-5-15)13-27-17(3)21-12-22(29-14-28-21)24(31)30-16(2)19-8-10-20(11-9-19)23(25)26;1-6(2,3)8-4-5-9-7;2-1-3/h4-12,14,16,27H,3,13H2,1-2H3,(H3,25,26)(H,30,31);8-9H,4-5,7H2,1-3H3;1H,(H,2,3). The van der Waals surface area contributed by atoms with Gasteiger partial charge in [0.25, 0.3) is 12.4 Å². The normalized spacial score (nSPS) is 11.0. The Morgan fingerprint density at radius 3 is 2.19 bits per heavy atom. The highest BCUT2D eigenvalue weighted by molar-refractivity contribution is 5.95. The van der Waals surface area contributed by atoms with Crippen molar-refractivity contribution in [1.82, 2.24) is 31.3 Å². The smallest absolute Gasteiger partial charge is 0.290 e. The quantitative estimate of drug-likeness (QED) is 0.0409. The van der Waals surface area contributed by atoms with E-state index in [2.05, 4.69) is 83.0 Å². The summed E-state index contributed by atoms with van der Waals surface area (Å²) < 4.78 is 0. The average molecular weight is 592 g/mol. The number of carboxylic acid groups (broad SMARTS) is 1. The van der Waals surface area contributed by atoms with E-state index in [0.717, 1.165) is 24.2 Å². The van der Waals surface area contributed by atoms with E-state index in [1.165, 1.54) is 11.9 Å². The zero-order valence-corrected chi connectivity index (χ0v) is 25.6. The Kier molecular flexibility index (Phi) is 15.8. The number of hydrazine groups is 1. The molecular formula is C31H45N9O3. The summed E-state index contributed by atoms with van der Waals surface area (Å²) in [6.45, 7) is 16.4. The van der Waals surface area contributed by atoms with E-state index in [4.69, 9.17) is 26.9 Å². The highest BCUT2D eigenvalue weighted by Gasteiger charge is 2.14. The Morgan fingerprint density at radius 2 is 1.65 bits per heavy atom. The third-order valence-corrected chi connectivity index (χ3v) is 5.83. The minimum atomic E-state index is -0.307. The summed E-state index contributed by atoms with van der Waals surface area (Å²) in [5.41, 5.74) is 13.6. The zero-order valence-electron chi connectivity index (χ0n) is 25.6. The van der Waals surface area contributed by atoms with Crippen molar-refractivity contribution in [2.45, 2.75) is 52.7 Å². The van der Waals surface area contributed by atoms with Crippen LogP contribution in [0.4, 0.5) is 0 Å². The van der Waals surface area contributed by atoms with Crippen molar-refractivity contribution >= 4 is 23.9 Å². The van der Waals surface area contributed by atoms with E-state index in [9.17, 15) is 4.79 Å². The number of benzene rings is 2. The van der Waals surface area contributed by atoms with Crippen LogP contribution in [0.15, 0.2) is 67.5 Å². The van der Waals surface area contributed by atoms with Crippen molar-refractivity contribution in [3.8, 4) is 0 Å². The number of carbonyl (C=O) groups excluding carboxylic acids is 1.